The van der Waals surface area contributed by atoms with E-state index >= 15 is 0 Å². The van der Waals surface area contributed by atoms with Crippen LogP contribution in [0.3, 0.4) is 0 Å². The van der Waals surface area contributed by atoms with E-state index in [9.17, 15) is 86.9 Å². The van der Waals surface area contributed by atoms with E-state index in [1.54, 1.807) is 80.8 Å². The first-order valence-corrected chi connectivity index (χ1v) is 40.2. The number of carboxylic acid groups (broad SMARTS) is 1. The van der Waals surface area contributed by atoms with Gasteiger partial charge in [0.25, 0.3) is 0 Å². The highest BCUT2D eigenvalue weighted by atomic mass is 32.2. The number of nitrogens with one attached hydrogen (secondary N) is 13. The van der Waals surface area contributed by atoms with Crippen molar-refractivity contribution in [3.8, 4) is 0 Å². The summed E-state index contributed by atoms with van der Waals surface area (Å²) in [5.74, 6) is -13.4. The zero-order chi connectivity index (χ0) is 83.6. The van der Waals surface area contributed by atoms with Gasteiger partial charge in [-0.15, -0.1) is 0 Å². The number of aliphatic carboxylic acids is 1. The van der Waals surface area contributed by atoms with Gasteiger partial charge < -0.3 is 112 Å². The Morgan fingerprint density at radius 1 is 0.526 bits per heavy atom. The van der Waals surface area contributed by atoms with Gasteiger partial charge >= 0.3 is 5.97 Å². The minimum atomic E-state index is -1.70. The molecule has 0 bridgehead atoms. The molecule has 4 heterocycles. The third kappa shape index (κ3) is 30.1. The number of rotatable bonds is 47. The minimum absolute atomic E-state index is 0.0102. The van der Waals surface area contributed by atoms with Crippen molar-refractivity contribution in [2.75, 3.05) is 64.4 Å². The fourth-order valence-corrected chi connectivity index (χ4v) is 14.5. The molecule has 2 aromatic rings. The van der Waals surface area contributed by atoms with Crippen molar-refractivity contribution in [3.63, 3.8) is 0 Å². The standard InChI is InChI=1S/C75H114N20O18S/c1-43(2)36-53(66(104)90-52(74(112)113)29-35-114-3)86-62(100)40-83-63(101)54(37-44-16-6-4-7-17-44)91-67(105)55(38-45-18-8-5-9-19-45)92-65(103)47(25-27-59(77)97)87-64(102)48(26-28-60(78)98)88-69(107)56-23-14-34-94(56)73(111)51(20-10-11-30-76)89-70(108)57-24-15-33-93(57)72(110)50(22-13-32-82-75(79)80)85-61(99)41-84-68(106)58-39-46(96)42-95(58)71(109)49-21-12-31-81-49/h4-9,16-19,43,46-58,81,96H,10-15,20-42,76H2,1-3H3,(H2,77,97)(H2,78,98)(H,83,101)(H,84,106)(H,85,99)(H,86,100)(H,87,102)(H,88,107)(H,89,108)(H,90,104)(H,91,105)(H,92,103)(H,112,113)(H4,79,80,82)/t46-,47+,48+,49+,50+,51+,52+,53+,54+,55+,56+,57+,58+/m1/s1. The van der Waals surface area contributed by atoms with E-state index in [0.29, 0.717) is 49.1 Å². The molecule has 0 aromatic heterocycles. The third-order valence-electron chi connectivity index (χ3n) is 20.0. The predicted octanol–water partition coefficient (Wildman–Crippen LogP) is -4.91. The number of likely N-dealkylation sites (tertiary alicyclic amines) is 3. The van der Waals surface area contributed by atoms with Crippen molar-refractivity contribution in [1.82, 2.24) is 78.5 Å². The number of carbonyl (C=O) groups excluding carboxylic acids is 15. The van der Waals surface area contributed by atoms with Crippen LogP contribution in [0.1, 0.15) is 141 Å². The molecule has 2 aromatic carbocycles. The van der Waals surface area contributed by atoms with Crippen molar-refractivity contribution >= 4 is 112 Å². The molecule has 114 heavy (non-hydrogen) atoms. The second-order valence-electron chi connectivity index (χ2n) is 29.4. The van der Waals surface area contributed by atoms with Crippen LogP contribution in [0.2, 0.25) is 0 Å². The lowest BCUT2D eigenvalue weighted by molar-refractivity contribution is -0.145. The summed E-state index contributed by atoms with van der Waals surface area (Å²) in [5.41, 5.74) is 23.6. The summed E-state index contributed by atoms with van der Waals surface area (Å²) in [6.45, 7) is 3.18. The zero-order valence-electron chi connectivity index (χ0n) is 64.8. The highest BCUT2D eigenvalue weighted by Crippen LogP contribution is 2.25. The molecule has 15 amide bonds. The van der Waals surface area contributed by atoms with Gasteiger partial charge in [-0.1, -0.05) is 74.5 Å². The van der Waals surface area contributed by atoms with Crippen LogP contribution in [0.15, 0.2) is 60.7 Å². The number of hydrogen-bond donors (Lipinski definition) is 19. The lowest BCUT2D eigenvalue weighted by atomic mass is 10.0. The summed E-state index contributed by atoms with van der Waals surface area (Å²) in [5, 5.41) is 59.6. The molecule has 628 valence electrons. The van der Waals surface area contributed by atoms with Gasteiger partial charge in [-0.2, -0.15) is 11.8 Å². The molecule has 6 rings (SSSR count). The Hall–Kier alpha value is -10.5. The van der Waals surface area contributed by atoms with E-state index in [1.807, 2.05) is 0 Å². The first-order valence-electron chi connectivity index (χ1n) is 38.8. The second kappa shape index (κ2) is 47.2. The van der Waals surface area contributed by atoms with Crippen LogP contribution < -0.4 is 86.7 Å². The number of nitrogens with two attached hydrogens (primary N) is 4. The van der Waals surface area contributed by atoms with Crippen molar-refractivity contribution in [3.05, 3.63) is 71.8 Å². The molecule has 4 fully saturated rings. The van der Waals surface area contributed by atoms with Gasteiger partial charge in [0.15, 0.2) is 5.96 Å². The van der Waals surface area contributed by atoms with E-state index in [4.69, 9.17) is 28.3 Å². The van der Waals surface area contributed by atoms with Crippen LogP contribution in [0.5, 0.6) is 0 Å². The minimum Gasteiger partial charge on any atom is -0.480 e. The molecule has 0 spiro atoms. The van der Waals surface area contributed by atoms with Gasteiger partial charge in [0.1, 0.15) is 66.5 Å². The van der Waals surface area contributed by atoms with E-state index in [1.165, 1.54) is 26.5 Å². The van der Waals surface area contributed by atoms with Crippen LogP contribution in [-0.4, -0.2) is 268 Å². The van der Waals surface area contributed by atoms with Crippen LogP contribution in [-0.2, 0) is 89.6 Å². The van der Waals surface area contributed by atoms with Gasteiger partial charge in [-0.3, -0.25) is 77.3 Å². The second-order valence-corrected chi connectivity index (χ2v) is 30.4. The first kappa shape index (κ1) is 92.3. The summed E-state index contributed by atoms with van der Waals surface area (Å²) in [6.07, 6.45) is 1.63. The highest BCUT2D eigenvalue weighted by molar-refractivity contribution is 7.98. The fraction of sp³-hybridized carbons (Fsp3) is 0.613. The largest absolute Gasteiger partial charge is 0.480 e. The third-order valence-corrected chi connectivity index (χ3v) is 20.6. The Morgan fingerprint density at radius 3 is 1.52 bits per heavy atom. The number of thioether (sulfide) groups is 1. The van der Waals surface area contributed by atoms with Gasteiger partial charge in [-0.05, 0) is 138 Å². The Bertz CT molecular complexity index is 3670. The Balaban J connectivity index is 1.16. The summed E-state index contributed by atoms with van der Waals surface area (Å²) in [7, 11) is 0. The molecule has 0 saturated carbocycles. The van der Waals surface area contributed by atoms with Gasteiger partial charge in [-0.25, -0.2) is 4.79 Å². The number of aliphatic hydroxyl groups is 1. The first-order chi connectivity index (χ1) is 54.4. The van der Waals surface area contributed by atoms with Crippen LogP contribution in [0.4, 0.5) is 0 Å². The lowest BCUT2D eigenvalue weighted by Crippen LogP contribution is -2.60. The zero-order valence-corrected chi connectivity index (χ0v) is 65.7. The number of carbonyl (C=O) groups is 16. The number of unbranched alkanes of at least 4 members (excludes halogenated alkanes) is 1. The predicted molar refractivity (Wildman–Crippen MR) is 417 cm³/mol. The Morgan fingerprint density at radius 2 is 1.01 bits per heavy atom. The van der Waals surface area contributed by atoms with Crippen molar-refractivity contribution in [2.24, 2.45) is 28.9 Å². The molecular formula is C75H114N20O18S. The summed E-state index contributed by atoms with van der Waals surface area (Å²) >= 11 is 1.39. The number of aliphatic hydroxyl groups excluding tert-OH is 1. The summed E-state index contributed by atoms with van der Waals surface area (Å²) in [4.78, 5) is 225. The maximum absolute atomic E-state index is 14.9. The molecule has 0 unspecified atom stereocenters. The summed E-state index contributed by atoms with van der Waals surface area (Å²) in [6, 6.07) is 1.39. The Labute approximate surface area is 666 Å². The monoisotopic (exact) mass is 1610 g/mol. The maximum Gasteiger partial charge on any atom is 0.326 e. The molecule has 0 aliphatic carbocycles. The van der Waals surface area contributed by atoms with E-state index in [-0.39, 0.29) is 121 Å². The van der Waals surface area contributed by atoms with Gasteiger partial charge in [0, 0.05) is 58.3 Å². The molecule has 23 N–H and O–H groups in total. The number of nitrogens with zero attached hydrogens (tertiary/aromatic N) is 3. The van der Waals surface area contributed by atoms with Crippen molar-refractivity contribution < 1.29 is 86.9 Å². The fourth-order valence-electron chi connectivity index (χ4n) is 14.1. The molecule has 0 radical (unpaired) electrons. The average molecular weight is 1620 g/mol. The van der Waals surface area contributed by atoms with Crippen LogP contribution in [0.25, 0.3) is 0 Å². The molecule has 4 saturated heterocycles. The average Bonchev–Trinajstić information content (AvgIpc) is 1.64. The molecule has 38 nitrogen and oxygen atoms in total. The molecule has 4 aliphatic heterocycles. The normalized spacial score (nSPS) is 19.2. The molecular weight excluding hydrogens is 1500 g/mol. The van der Waals surface area contributed by atoms with Gasteiger partial charge in [0.2, 0.25) is 88.6 Å². The van der Waals surface area contributed by atoms with Crippen molar-refractivity contribution in [1.29, 1.82) is 5.41 Å². The highest BCUT2D eigenvalue weighted by Gasteiger charge is 2.45. The number of hydrogen-bond acceptors (Lipinski definition) is 21. The number of β-amino-alcohol motifs (C(OH)–C–C–N with tert-alkyl or cyclic N) is 1. The lowest BCUT2D eigenvalue weighted by Gasteiger charge is -2.32. The van der Waals surface area contributed by atoms with Gasteiger partial charge in [0.05, 0.1) is 25.2 Å². The number of benzene rings is 2. The quantitative estimate of drug-likeness (QED) is 0.0168. The van der Waals surface area contributed by atoms with E-state index in [0.717, 1.165) is 6.42 Å². The topological polar surface area (TPSA) is 596 Å². The molecule has 4 aliphatic rings. The maximum atomic E-state index is 14.9. The van der Waals surface area contributed by atoms with E-state index < -0.39 is 206 Å². The Kier molecular flexibility index (Phi) is 38.2. The van der Waals surface area contributed by atoms with Crippen molar-refractivity contribution in [2.45, 2.75) is 221 Å². The number of carboxylic acids is 1. The molecule has 39 heteroatoms. The molecule has 13 atom stereocenters. The van der Waals surface area contributed by atoms with E-state index in [2.05, 4.69) is 63.8 Å². The van der Waals surface area contributed by atoms with Crippen LogP contribution in [0, 0.1) is 11.3 Å². The smallest absolute Gasteiger partial charge is 0.326 e. The number of amides is 15. The number of primary amides is 2. The summed E-state index contributed by atoms with van der Waals surface area (Å²) < 4.78 is 0. The SMILES string of the molecule is CSCC[C@H](NC(=O)[C@H](CC(C)C)NC(=O)CNC(=O)[C@H](Cc1ccccc1)NC(=O)[C@H](Cc1ccccc1)NC(=O)[C@H](CCC(N)=O)NC(=O)[C@H](CCC(N)=O)NC(=O)[C@@H]1CCCN1C(=O)[C@H](CCCCN)NC(=O)[C@@H]1CCCN1C(=O)[C@H](CCCNC(=N)N)NC(=O)CNC(=O)[C@@H]1C[C@@H](O)CN1C(=O)[C@@H]1CCCN1)C(=O)O. The van der Waals surface area contributed by atoms with Crippen LogP contribution >= 0.6 is 11.8 Å². The number of guanidine groups is 1.